The minimum atomic E-state index is -0.137. The van der Waals surface area contributed by atoms with Crippen LogP contribution in [-0.4, -0.2) is 177 Å². The third kappa shape index (κ3) is 17.4. The molecule has 4 fully saturated rings. The van der Waals surface area contributed by atoms with Crippen molar-refractivity contribution < 1.29 is 4.79 Å². The van der Waals surface area contributed by atoms with Crippen LogP contribution in [0.5, 0.6) is 0 Å². The van der Waals surface area contributed by atoms with E-state index in [1.807, 2.05) is 0 Å². The fourth-order valence-corrected chi connectivity index (χ4v) is 10.0. The minimum Gasteiger partial charge on any atom is -0.341 e. The summed E-state index contributed by atoms with van der Waals surface area (Å²) in [6.45, 7) is 27.2. The van der Waals surface area contributed by atoms with Gasteiger partial charge >= 0.3 is 0 Å². The summed E-state index contributed by atoms with van der Waals surface area (Å²) < 4.78 is 0. The van der Waals surface area contributed by atoms with Crippen molar-refractivity contribution in [2.75, 3.05) is 137 Å². The summed E-state index contributed by atoms with van der Waals surface area (Å²) in [4.78, 5) is 18.4. The van der Waals surface area contributed by atoms with Crippen molar-refractivity contribution in [1.29, 1.82) is 0 Å². The highest BCUT2D eigenvalue weighted by Gasteiger charge is 2.44. The highest BCUT2D eigenvalue weighted by molar-refractivity contribution is 5.82. The summed E-state index contributed by atoms with van der Waals surface area (Å²) >= 11 is 0. The van der Waals surface area contributed by atoms with Gasteiger partial charge in [-0.25, -0.2) is 0 Å². The third-order valence-corrected chi connectivity index (χ3v) is 14.1. The Balaban J connectivity index is 1.11. The molecule has 1 aromatic carbocycles. The van der Waals surface area contributed by atoms with Crippen molar-refractivity contribution in [3.05, 3.63) is 35.4 Å². The number of amides is 1. The summed E-state index contributed by atoms with van der Waals surface area (Å²) in [5.41, 5.74) is 2.85. The molecule has 13 heteroatoms. The van der Waals surface area contributed by atoms with Gasteiger partial charge in [0.1, 0.15) is 0 Å². The molecule has 60 heavy (non-hydrogen) atoms. The SMILES string of the molecule is CC[C@H](C)C1CCCC12CNCCNC(C(=O)N1CCCCC1)CCNCCNCCNCCN1CCC1CNC(Cc1ccc(C)cc1)CNCCNCCNCCN2. The monoisotopic (exact) mass is 839 g/mol. The number of fused-ring (bicyclic) bond motifs is 1. The molecule has 1 aliphatic carbocycles. The van der Waals surface area contributed by atoms with Crippen molar-refractivity contribution in [2.24, 2.45) is 11.8 Å². The maximum Gasteiger partial charge on any atom is 0.239 e. The Morgan fingerprint density at radius 1 is 0.667 bits per heavy atom. The number of hydrogen-bond acceptors (Lipinski definition) is 12. The topological polar surface area (TPSA) is 144 Å². The predicted molar refractivity (Wildman–Crippen MR) is 251 cm³/mol. The van der Waals surface area contributed by atoms with E-state index in [4.69, 9.17) is 0 Å². The fourth-order valence-electron chi connectivity index (χ4n) is 10.0. The number of hydrogen-bond donors (Lipinski definition) is 10. The first-order valence-electron chi connectivity index (χ1n) is 24.7. The lowest BCUT2D eigenvalue weighted by Gasteiger charge is -2.42. The second kappa shape index (κ2) is 28.8. The van der Waals surface area contributed by atoms with Gasteiger partial charge < -0.3 is 58.1 Å². The second-order valence-electron chi connectivity index (χ2n) is 18.6. The van der Waals surface area contributed by atoms with Crippen molar-refractivity contribution in [2.45, 2.75) is 109 Å². The molecule has 0 aromatic heterocycles. The summed E-state index contributed by atoms with van der Waals surface area (Å²) in [7, 11) is 0. The Morgan fingerprint density at radius 3 is 2.00 bits per heavy atom. The van der Waals surface area contributed by atoms with Crippen molar-refractivity contribution >= 4 is 5.91 Å². The maximum absolute atomic E-state index is 13.7. The van der Waals surface area contributed by atoms with Crippen LogP contribution in [-0.2, 0) is 11.2 Å². The summed E-state index contributed by atoms with van der Waals surface area (Å²) in [6, 6.07) is 9.96. The molecule has 344 valence electrons. The summed E-state index contributed by atoms with van der Waals surface area (Å²) in [5, 5.41) is 37.6. The van der Waals surface area contributed by atoms with Crippen LogP contribution >= 0.6 is 0 Å². The summed E-state index contributed by atoms with van der Waals surface area (Å²) in [5.74, 6) is 1.67. The molecular weight excluding hydrogens is 749 g/mol. The number of carbonyl (C=O) groups is 1. The van der Waals surface area contributed by atoms with Gasteiger partial charge in [-0.1, -0.05) is 56.5 Å². The number of aryl methyl sites for hydroxylation is 1. The molecule has 3 saturated heterocycles. The van der Waals surface area contributed by atoms with Crippen LogP contribution in [0, 0.1) is 18.8 Å². The molecular formula is C47H90N12O. The molecule has 1 spiro atoms. The van der Waals surface area contributed by atoms with Gasteiger partial charge in [0.2, 0.25) is 5.91 Å². The molecule has 10 N–H and O–H groups in total. The van der Waals surface area contributed by atoms with Gasteiger partial charge in [-0.3, -0.25) is 9.69 Å². The molecule has 5 rings (SSSR count). The molecule has 3 heterocycles. The van der Waals surface area contributed by atoms with Crippen LogP contribution in [0.15, 0.2) is 24.3 Å². The van der Waals surface area contributed by atoms with Crippen LogP contribution in [0.3, 0.4) is 0 Å². The van der Waals surface area contributed by atoms with E-state index in [0.29, 0.717) is 23.9 Å². The van der Waals surface area contributed by atoms with E-state index in [2.05, 4.69) is 108 Å². The van der Waals surface area contributed by atoms with E-state index in [1.54, 1.807) is 0 Å². The van der Waals surface area contributed by atoms with Crippen LogP contribution in [0.25, 0.3) is 0 Å². The molecule has 1 aromatic rings. The highest BCUT2D eigenvalue weighted by atomic mass is 16.2. The van der Waals surface area contributed by atoms with Crippen molar-refractivity contribution in [1.82, 2.24) is 63.0 Å². The van der Waals surface area contributed by atoms with Crippen LogP contribution in [0.2, 0.25) is 0 Å². The highest BCUT2D eigenvalue weighted by Crippen LogP contribution is 2.41. The lowest BCUT2D eigenvalue weighted by molar-refractivity contribution is -0.134. The zero-order chi connectivity index (χ0) is 42.1. The van der Waals surface area contributed by atoms with Gasteiger partial charge in [-0.15, -0.1) is 0 Å². The van der Waals surface area contributed by atoms with Crippen molar-refractivity contribution in [3.63, 3.8) is 0 Å². The lowest BCUT2D eigenvalue weighted by atomic mass is 9.77. The van der Waals surface area contributed by atoms with E-state index >= 15 is 0 Å². The van der Waals surface area contributed by atoms with E-state index in [1.165, 1.54) is 56.2 Å². The average Bonchev–Trinajstić information content (AvgIpc) is 3.68. The van der Waals surface area contributed by atoms with Crippen LogP contribution in [0.1, 0.15) is 82.8 Å². The zero-order valence-electron chi connectivity index (χ0n) is 38.4. The first-order chi connectivity index (χ1) is 29.5. The fraction of sp³-hybridized carbons (Fsp3) is 0.851. The third-order valence-electron chi connectivity index (χ3n) is 14.1. The Kier molecular flexibility index (Phi) is 23.7. The summed E-state index contributed by atoms with van der Waals surface area (Å²) in [6.07, 6.45) is 11.7. The Morgan fingerprint density at radius 2 is 1.32 bits per heavy atom. The average molecular weight is 839 g/mol. The number of likely N-dealkylation sites (tertiary alicyclic amines) is 1. The number of carbonyl (C=O) groups excluding carboxylic acids is 1. The number of nitrogens with one attached hydrogen (secondary N) is 10. The Hall–Kier alpha value is -1.75. The van der Waals surface area contributed by atoms with Crippen LogP contribution in [0.4, 0.5) is 0 Å². The van der Waals surface area contributed by atoms with Gasteiger partial charge in [0.25, 0.3) is 0 Å². The lowest BCUT2D eigenvalue weighted by Crippen LogP contribution is -2.58. The maximum atomic E-state index is 13.7. The molecule has 13 nitrogen and oxygen atoms in total. The normalized spacial score (nSPS) is 30.4. The number of benzene rings is 1. The largest absolute Gasteiger partial charge is 0.341 e. The quantitative estimate of drug-likeness (QED) is 0.209. The molecule has 6 atom stereocenters. The number of nitrogens with zero attached hydrogens (tertiary/aromatic N) is 2. The van der Waals surface area contributed by atoms with Gasteiger partial charge in [0.05, 0.1) is 6.04 Å². The van der Waals surface area contributed by atoms with Gasteiger partial charge in [0, 0.05) is 149 Å². The number of rotatable bonds is 5. The van der Waals surface area contributed by atoms with E-state index in [0.717, 1.165) is 157 Å². The van der Waals surface area contributed by atoms with E-state index in [9.17, 15) is 4.79 Å². The van der Waals surface area contributed by atoms with Crippen LogP contribution < -0.4 is 53.2 Å². The molecule has 3 aliphatic heterocycles. The van der Waals surface area contributed by atoms with E-state index < -0.39 is 0 Å². The number of piperidine rings is 1. The molecule has 5 unspecified atom stereocenters. The van der Waals surface area contributed by atoms with Gasteiger partial charge in [-0.2, -0.15) is 0 Å². The molecule has 0 bridgehead atoms. The standard InChI is InChI=1S/C47H90N12O/c1-4-40(3)44-9-8-16-47(44)38-54-26-28-55-45(46(60)59-31-6-5-7-32-59)14-17-48-18-19-49-22-23-52-30-34-58-33-15-43(58)37-56-42(35-41-12-10-39(2)11-13-41)36-53-25-24-50-20-21-51-27-29-57-47/h10-13,40,42-45,48-57H,4-9,14-38H2,1-3H3/t40-,42?,43?,44?,45?,47?/m0/s1. The minimum absolute atomic E-state index is 0.123. The van der Waals surface area contributed by atoms with Crippen molar-refractivity contribution in [3.8, 4) is 0 Å². The smallest absolute Gasteiger partial charge is 0.239 e. The first-order valence-corrected chi connectivity index (χ1v) is 24.7. The molecule has 0 radical (unpaired) electrons. The molecule has 1 amide bonds. The Bertz CT molecular complexity index is 1270. The first kappa shape index (κ1) is 49.3. The van der Waals surface area contributed by atoms with Gasteiger partial charge in [0.15, 0.2) is 0 Å². The predicted octanol–water partition coefficient (Wildman–Crippen LogP) is 1.25. The van der Waals surface area contributed by atoms with E-state index in [-0.39, 0.29) is 17.5 Å². The zero-order valence-corrected chi connectivity index (χ0v) is 38.4. The Labute approximate surface area is 366 Å². The molecule has 1 saturated carbocycles. The molecule has 4 aliphatic rings. The second-order valence-corrected chi connectivity index (χ2v) is 18.6. The van der Waals surface area contributed by atoms with Gasteiger partial charge in [-0.05, 0) is 82.2 Å².